The highest BCUT2D eigenvalue weighted by molar-refractivity contribution is 6.30. The average molecular weight is 589 g/mol. The Morgan fingerprint density at radius 2 is 1.65 bits per heavy atom. The van der Waals surface area contributed by atoms with Crippen molar-refractivity contribution >= 4 is 39.6 Å². The summed E-state index contributed by atoms with van der Waals surface area (Å²) in [7, 11) is 1.68. The van der Waals surface area contributed by atoms with E-state index in [9.17, 15) is 4.79 Å². The molecule has 4 aromatic carbocycles. The van der Waals surface area contributed by atoms with Crippen LogP contribution in [0.2, 0.25) is 5.02 Å². The molecule has 0 aliphatic rings. The first-order chi connectivity index (χ1) is 20.8. The highest BCUT2D eigenvalue weighted by atomic mass is 35.5. The van der Waals surface area contributed by atoms with Crippen LogP contribution in [0.3, 0.4) is 0 Å². The Morgan fingerprint density at radius 3 is 2.37 bits per heavy atom. The molecule has 0 bridgehead atoms. The first-order valence-electron chi connectivity index (χ1n) is 14.3. The van der Waals surface area contributed by atoms with Crippen LogP contribution in [0.25, 0.3) is 33.2 Å². The molecule has 6 nitrogen and oxygen atoms in total. The average Bonchev–Trinajstić information content (AvgIpc) is 3.27. The number of methoxy groups -OCH3 is 1. The molecule has 0 N–H and O–H groups in total. The quantitative estimate of drug-likeness (QED) is 0.176. The van der Waals surface area contributed by atoms with Crippen molar-refractivity contribution in [1.29, 1.82) is 0 Å². The summed E-state index contributed by atoms with van der Waals surface area (Å²) in [4.78, 5) is 19.0. The molecular formula is C36H33ClN4O2. The van der Waals surface area contributed by atoms with E-state index in [1.54, 1.807) is 19.4 Å². The topological polar surface area (TPSA) is 61.4 Å². The van der Waals surface area contributed by atoms with Gasteiger partial charge in [0, 0.05) is 39.3 Å². The number of hydrogen-bond acceptors (Lipinski definition) is 4. The zero-order valence-corrected chi connectivity index (χ0v) is 25.7. The minimum absolute atomic E-state index is 0.216. The minimum atomic E-state index is -0.222. The fraction of sp³-hybridized carbons (Fsp3) is 0.194. The molecule has 0 fully saturated rings. The van der Waals surface area contributed by atoms with Crippen LogP contribution in [0.5, 0.6) is 5.75 Å². The third-order valence-electron chi connectivity index (χ3n) is 8.03. The molecule has 7 heteroatoms. The molecule has 0 saturated heterocycles. The van der Waals surface area contributed by atoms with E-state index in [0.29, 0.717) is 28.3 Å². The maximum Gasteiger partial charge on any atom is 0.282 e. The van der Waals surface area contributed by atoms with Crippen LogP contribution < -0.4 is 10.3 Å². The molecule has 0 radical (unpaired) electrons. The van der Waals surface area contributed by atoms with Crippen LogP contribution >= 0.6 is 11.6 Å². The van der Waals surface area contributed by atoms with E-state index in [1.807, 2.05) is 67.6 Å². The van der Waals surface area contributed by atoms with Gasteiger partial charge in [0.15, 0.2) is 5.82 Å². The summed E-state index contributed by atoms with van der Waals surface area (Å²) in [5.74, 6) is 1.52. The Morgan fingerprint density at radius 1 is 0.953 bits per heavy atom. The Hall–Kier alpha value is -4.68. The molecule has 43 heavy (non-hydrogen) atoms. The number of halogens is 1. The van der Waals surface area contributed by atoms with Gasteiger partial charge in [0.2, 0.25) is 0 Å². The van der Waals surface area contributed by atoms with Gasteiger partial charge < -0.3 is 9.30 Å². The second-order valence-corrected chi connectivity index (χ2v) is 11.5. The van der Waals surface area contributed by atoms with Crippen LogP contribution in [0.1, 0.15) is 47.7 Å². The number of aromatic nitrogens is 3. The van der Waals surface area contributed by atoms with Gasteiger partial charge >= 0.3 is 0 Å². The van der Waals surface area contributed by atoms with Crippen LogP contribution in [-0.2, 0) is 6.54 Å². The molecule has 6 rings (SSSR count). The smallest absolute Gasteiger partial charge is 0.282 e. The van der Waals surface area contributed by atoms with E-state index >= 15 is 0 Å². The van der Waals surface area contributed by atoms with Crippen molar-refractivity contribution in [3.8, 4) is 17.1 Å². The summed E-state index contributed by atoms with van der Waals surface area (Å²) in [6.07, 6.45) is 1.79. The minimum Gasteiger partial charge on any atom is -0.496 e. The van der Waals surface area contributed by atoms with E-state index < -0.39 is 0 Å². The maximum atomic E-state index is 14.0. The van der Waals surface area contributed by atoms with Crippen molar-refractivity contribution in [3.63, 3.8) is 0 Å². The van der Waals surface area contributed by atoms with Crippen molar-refractivity contribution in [2.24, 2.45) is 5.10 Å². The van der Waals surface area contributed by atoms with Gasteiger partial charge in [-0.15, -0.1) is 0 Å². The van der Waals surface area contributed by atoms with Gasteiger partial charge in [-0.1, -0.05) is 67.9 Å². The Bertz CT molecular complexity index is 2070. The van der Waals surface area contributed by atoms with Gasteiger partial charge in [-0.2, -0.15) is 9.78 Å². The van der Waals surface area contributed by atoms with E-state index in [4.69, 9.17) is 26.4 Å². The molecule has 0 unspecified atom stereocenters. The highest BCUT2D eigenvalue weighted by Crippen LogP contribution is 2.34. The fourth-order valence-corrected chi connectivity index (χ4v) is 5.81. The summed E-state index contributed by atoms with van der Waals surface area (Å²) in [5, 5.41) is 7.14. The van der Waals surface area contributed by atoms with E-state index in [0.717, 1.165) is 50.2 Å². The van der Waals surface area contributed by atoms with Gasteiger partial charge in [-0.25, -0.2) is 4.98 Å². The van der Waals surface area contributed by atoms with Crippen molar-refractivity contribution in [2.75, 3.05) is 7.11 Å². The number of hydrogen-bond donors (Lipinski definition) is 0. The predicted molar refractivity (Wildman–Crippen MR) is 177 cm³/mol. The zero-order valence-electron chi connectivity index (χ0n) is 24.9. The summed E-state index contributed by atoms with van der Waals surface area (Å²) in [6, 6.07) is 27.7. The number of aryl methyl sites for hydroxylation is 1. The molecule has 0 aliphatic heterocycles. The lowest BCUT2D eigenvalue weighted by Gasteiger charge is -2.17. The van der Waals surface area contributed by atoms with Crippen molar-refractivity contribution < 1.29 is 4.74 Å². The SMILES string of the molecule is COc1cc(C)c(-c2nc3ccccc3c(=O)n2N=Cc2c(C)n(Cc3ccc(Cl)cc3)c3ccccc23)cc1C(C)C. The Kier molecular flexibility index (Phi) is 7.63. The number of fused-ring (bicyclic) bond motifs is 2. The summed E-state index contributed by atoms with van der Waals surface area (Å²) >= 11 is 6.14. The lowest BCUT2D eigenvalue weighted by molar-refractivity contribution is 0.407. The first kappa shape index (κ1) is 28.4. The van der Waals surface area contributed by atoms with E-state index in [2.05, 4.69) is 43.5 Å². The molecule has 6 aromatic rings. The third kappa shape index (κ3) is 5.23. The van der Waals surface area contributed by atoms with Gasteiger partial charge in [-0.05, 0) is 78.9 Å². The Balaban J connectivity index is 1.55. The molecular weight excluding hydrogens is 556 g/mol. The molecule has 2 heterocycles. The lowest BCUT2D eigenvalue weighted by Crippen LogP contribution is -2.21. The number of rotatable bonds is 7. The van der Waals surface area contributed by atoms with Crippen LogP contribution in [-0.4, -0.2) is 27.6 Å². The summed E-state index contributed by atoms with van der Waals surface area (Å²) in [6.45, 7) is 9.02. The number of para-hydroxylation sites is 2. The first-order valence-corrected chi connectivity index (χ1v) is 14.7. The Labute approximate surface area is 255 Å². The molecule has 2 aromatic heterocycles. The van der Waals surface area contributed by atoms with Gasteiger partial charge in [0.05, 0.1) is 24.2 Å². The second-order valence-electron chi connectivity index (χ2n) is 11.1. The third-order valence-corrected chi connectivity index (χ3v) is 8.28. The van der Waals surface area contributed by atoms with Crippen LogP contribution in [0.4, 0.5) is 0 Å². The fourth-order valence-electron chi connectivity index (χ4n) is 5.68. The number of ether oxygens (including phenoxy) is 1. The second kappa shape index (κ2) is 11.5. The summed E-state index contributed by atoms with van der Waals surface area (Å²) in [5.41, 5.74) is 7.47. The zero-order chi connectivity index (χ0) is 30.2. The molecule has 0 saturated carbocycles. The van der Waals surface area contributed by atoms with Crippen LogP contribution in [0, 0.1) is 13.8 Å². The normalized spacial score (nSPS) is 11.8. The van der Waals surface area contributed by atoms with Gasteiger partial charge in [-0.3, -0.25) is 4.79 Å². The summed E-state index contributed by atoms with van der Waals surface area (Å²) < 4.78 is 9.39. The van der Waals surface area contributed by atoms with Crippen molar-refractivity contribution in [1.82, 2.24) is 14.2 Å². The molecule has 0 amide bonds. The lowest BCUT2D eigenvalue weighted by atomic mass is 9.96. The van der Waals surface area contributed by atoms with E-state index in [-0.39, 0.29) is 11.5 Å². The highest BCUT2D eigenvalue weighted by Gasteiger charge is 2.19. The predicted octanol–water partition coefficient (Wildman–Crippen LogP) is 8.35. The van der Waals surface area contributed by atoms with Crippen LogP contribution in [0.15, 0.2) is 94.8 Å². The molecule has 216 valence electrons. The largest absolute Gasteiger partial charge is 0.496 e. The maximum absolute atomic E-state index is 14.0. The standard InChI is InChI=1S/C36H33ClN4O2/c1-22(2)29-19-30(23(3)18-34(29)43-5)35-39-32-12-8-6-11-28(32)36(42)41(35)38-20-31-24(4)40(33-13-9-7-10-27(31)33)21-25-14-16-26(37)17-15-25/h6-20,22H,21H2,1-5H3. The van der Waals surface area contributed by atoms with Crippen molar-refractivity contribution in [3.05, 3.63) is 128 Å². The number of nitrogens with zero attached hydrogens (tertiary/aromatic N) is 4. The van der Waals surface area contributed by atoms with E-state index in [1.165, 1.54) is 4.68 Å². The van der Waals surface area contributed by atoms with Crippen molar-refractivity contribution in [2.45, 2.75) is 40.2 Å². The molecule has 0 aliphatic carbocycles. The van der Waals surface area contributed by atoms with Gasteiger partial charge in [0.1, 0.15) is 5.75 Å². The monoisotopic (exact) mass is 588 g/mol. The molecule has 0 atom stereocenters. The number of benzene rings is 4. The molecule has 0 spiro atoms. The van der Waals surface area contributed by atoms with Gasteiger partial charge in [0.25, 0.3) is 5.56 Å².